The SMILES string of the molecule is CC.[CH3-].[Co+2]. The average Bonchev–Trinajstić information content (AvgIpc) is 1.00. The molecule has 0 amide bonds. The molecule has 0 rings (SSSR count). The summed E-state index contributed by atoms with van der Waals surface area (Å²) in [6, 6.07) is 0. The van der Waals surface area contributed by atoms with Gasteiger partial charge < -0.3 is 7.43 Å². The Kier molecular flexibility index (Phi) is 524. The second kappa shape index (κ2) is 85.9. The zero-order valence-corrected chi connectivity index (χ0v) is 4.37. The van der Waals surface area contributed by atoms with Crippen LogP contribution >= 0.6 is 0 Å². The molecule has 0 aromatic heterocycles. The molecule has 0 aliphatic heterocycles. The Balaban J connectivity index is -0.00000000500. The number of rotatable bonds is 0. The largest absolute Gasteiger partial charge is 2.00 e. The van der Waals surface area contributed by atoms with Crippen LogP contribution in [0.3, 0.4) is 0 Å². The third kappa shape index (κ3) is 22.2. The second-order valence-electron chi connectivity index (χ2n) is 0. The Morgan fingerprint density at radius 3 is 1.00 bits per heavy atom. The van der Waals surface area contributed by atoms with Gasteiger partial charge in [0.05, 0.1) is 0 Å². The number of hydrogen-bond acceptors (Lipinski definition) is 0. The average molecular weight is 104 g/mol. The summed E-state index contributed by atoms with van der Waals surface area (Å²) in [4.78, 5) is 0. The van der Waals surface area contributed by atoms with Crippen LogP contribution in [0.5, 0.6) is 0 Å². The molecule has 0 fully saturated rings. The summed E-state index contributed by atoms with van der Waals surface area (Å²) in [7, 11) is 0. The Bertz CT molecular complexity index is 3.25. The van der Waals surface area contributed by atoms with Gasteiger partial charge in [-0.05, 0) is 0 Å². The Labute approximate surface area is 38.8 Å². The van der Waals surface area contributed by atoms with Crippen molar-refractivity contribution in [3.63, 3.8) is 0 Å². The van der Waals surface area contributed by atoms with E-state index in [1.165, 1.54) is 0 Å². The molecule has 29 valence electrons. The van der Waals surface area contributed by atoms with Crippen molar-refractivity contribution in [1.29, 1.82) is 0 Å². The maximum Gasteiger partial charge on any atom is 2.00 e. The normalized spacial score (nSPS) is 1.50. The van der Waals surface area contributed by atoms with Gasteiger partial charge in [-0.3, -0.25) is 0 Å². The third-order valence-electron chi connectivity index (χ3n) is 0. The van der Waals surface area contributed by atoms with Crippen molar-refractivity contribution in [3.05, 3.63) is 7.43 Å². The number of hydrogen-bond donors (Lipinski definition) is 0. The van der Waals surface area contributed by atoms with Crippen molar-refractivity contribution in [2.45, 2.75) is 13.8 Å². The molecule has 0 saturated carbocycles. The molecule has 0 atom stereocenters. The van der Waals surface area contributed by atoms with E-state index >= 15 is 0 Å². The van der Waals surface area contributed by atoms with Gasteiger partial charge in [0.1, 0.15) is 0 Å². The first kappa shape index (κ1) is 24.4. The molecule has 0 nitrogen and oxygen atoms in total. The first-order valence-corrected chi connectivity index (χ1v) is 1.00. The van der Waals surface area contributed by atoms with Gasteiger partial charge in [-0.25, -0.2) is 0 Å². The van der Waals surface area contributed by atoms with Crippen molar-refractivity contribution in [3.8, 4) is 0 Å². The first-order valence-electron chi connectivity index (χ1n) is 1.00. The van der Waals surface area contributed by atoms with Crippen LogP contribution in [-0.2, 0) is 16.8 Å². The van der Waals surface area contributed by atoms with Crippen LogP contribution in [0, 0.1) is 7.43 Å². The summed E-state index contributed by atoms with van der Waals surface area (Å²) in [5, 5.41) is 0. The van der Waals surface area contributed by atoms with Crippen molar-refractivity contribution in [2.24, 2.45) is 0 Å². The Hall–Kier alpha value is 0.506. The van der Waals surface area contributed by atoms with Crippen LogP contribution in [0.1, 0.15) is 13.8 Å². The predicted octanol–water partition coefficient (Wildman–Crippen LogP) is 1.47. The minimum Gasteiger partial charge on any atom is -0.358 e. The van der Waals surface area contributed by atoms with Crippen LogP contribution in [0.15, 0.2) is 0 Å². The molecule has 1 heteroatoms. The van der Waals surface area contributed by atoms with E-state index in [9.17, 15) is 0 Å². The molecule has 0 aromatic carbocycles. The standard InChI is InChI=1S/C2H6.CH3.Co/c1-2;;/h1-2H3;1H3;/q;-1;+2. The molecule has 0 heterocycles. The van der Waals surface area contributed by atoms with E-state index in [1.54, 1.807) is 0 Å². The van der Waals surface area contributed by atoms with Gasteiger partial charge in [0.25, 0.3) is 0 Å². The maximum absolute atomic E-state index is 2.00. The van der Waals surface area contributed by atoms with Crippen molar-refractivity contribution in [1.82, 2.24) is 0 Å². The summed E-state index contributed by atoms with van der Waals surface area (Å²) in [6.45, 7) is 4.00. The van der Waals surface area contributed by atoms with E-state index in [0.717, 1.165) is 0 Å². The predicted molar refractivity (Wildman–Crippen MR) is 17.8 cm³/mol. The van der Waals surface area contributed by atoms with Crippen molar-refractivity contribution < 1.29 is 16.8 Å². The van der Waals surface area contributed by atoms with Gasteiger partial charge in [-0.1, -0.05) is 13.8 Å². The molecule has 0 N–H and O–H groups in total. The quantitative estimate of drug-likeness (QED) is 0.408. The fourth-order valence-corrected chi connectivity index (χ4v) is 0. The molecule has 0 unspecified atom stereocenters. The van der Waals surface area contributed by atoms with Crippen molar-refractivity contribution in [2.75, 3.05) is 0 Å². The molecule has 4 heavy (non-hydrogen) atoms. The van der Waals surface area contributed by atoms with E-state index in [-0.39, 0.29) is 24.2 Å². The van der Waals surface area contributed by atoms with Gasteiger partial charge in [0, 0.05) is 0 Å². The molecule has 0 saturated heterocycles. The third-order valence-corrected chi connectivity index (χ3v) is 0. The second-order valence-corrected chi connectivity index (χ2v) is 0. The smallest absolute Gasteiger partial charge is 0.358 e. The Morgan fingerprint density at radius 1 is 1.00 bits per heavy atom. The molecular weight excluding hydrogens is 95.0 g/mol. The van der Waals surface area contributed by atoms with Gasteiger partial charge in [0.15, 0.2) is 0 Å². The van der Waals surface area contributed by atoms with E-state index in [0.29, 0.717) is 0 Å². The fraction of sp³-hybridized carbons (Fsp3) is 0.667. The summed E-state index contributed by atoms with van der Waals surface area (Å²) in [5.41, 5.74) is 0. The molecule has 0 aliphatic carbocycles. The van der Waals surface area contributed by atoms with Gasteiger partial charge in [0.2, 0.25) is 0 Å². The minimum absolute atomic E-state index is 0. The summed E-state index contributed by atoms with van der Waals surface area (Å²) >= 11 is 0. The van der Waals surface area contributed by atoms with E-state index in [2.05, 4.69) is 0 Å². The zero-order chi connectivity index (χ0) is 2.00. The molecule has 0 bridgehead atoms. The monoisotopic (exact) mass is 104 g/mol. The van der Waals surface area contributed by atoms with Crippen LogP contribution in [-0.4, -0.2) is 0 Å². The molecule has 0 aliphatic rings. The zero-order valence-electron chi connectivity index (χ0n) is 3.33. The van der Waals surface area contributed by atoms with Gasteiger partial charge in [-0.2, -0.15) is 0 Å². The van der Waals surface area contributed by atoms with Crippen molar-refractivity contribution >= 4 is 0 Å². The van der Waals surface area contributed by atoms with Crippen LogP contribution in [0.25, 0.3) is 0 Å². The molecule has 0 aromatic rings. The summed E-state index contributed by atoms with van der Waals surface area (Å²) in [5.74, 6) is 0. The van der Waals surface area contributed by atoms with Gasteiger partial charge >= 0.3 is 16.8 Å². The van der Waals surface area contributed by atoms with Crippen LogP contribution in [0.4, 0.5) is 0 Å². The van der Waals surface area contributed by atoms with E-state index < -0.39 is 0 Å². The fourth-order valence-electron chi connectivity index (χ4n) is 0. The minimum atomic E-state index is 0. The van der Waals surface area contributed by atoms with E-state index in [4.69, 9.17) is 0 Å². The molecule has 0 spiro atoms. The Morgan fingerprint density at radius 2 is 1.00 bits per heavy atom. The molecular formula is C3H9Co+. The summed E-state index contributed by atoms with van der Waals surface area (Å²) in [6.07, 6.45) is 0. The topological polar surface area (TPSA) is 0 Å². The van der Waals surface area contributed by atoms with E-state index in [1.807, 2.05) is 13.8 Å². The van der Waals surface area contributed by atoms with Gasteiger partial charge in [-0.15, -0.1) is 0 Å². The maximum atomic E-state index is 2.00. The summed E-state index contributed by atoms with van der Waals surface area (Å²) < 4.78 is 0. The van der Waals surface area contributed by atoms with Crippen LogP contribution < -0.4 is 0 Å². The van der Waals surface area contributed by atoms with Crippen LogP contribution in [0.2, 0.25) is 0 Å². The first-order chi connectivity index (χ1) is 1.00. The molecule has 1 radical (unpaired) electrons.